The number of nitrogens with zero attached hydrogens (tertiary/aromatic N) is 1. The zero-order chi connectivity index (χ0) is 15.5. The first-order valence-electron chi connectivity index (χ1n) is 7.81. The summed E-state index contributed by atoms with van der Waals surface area (Å²) in [5.41, 5.74) is 0. The van der Waals surface area contributed by atoms with Crippen molar-refractivity contribution in [1.82, 2.24) is 10.2 Å². The SMILES string of the molecule is O=C(O)[C@H]1[C@H](C(=O)NCCCN2CCOCC2)[C@H]2C=C[C@H]1O2. The van der Waals surface area contributed by atoms with E-state index in [0.29, 0.717) is 6.54 Å². The van der Waals surface area contributed by atoms with E-state index in [0.717, 1.165) is 39.3 Å². The highest BCUT2D eigenvalue weighted by Gasteiger charge is 2.53. The van der Waals surface area contributed by atoms with Crippen LogP contribution >= 0.6 is 0 Å². The van der Waals surface area contributed by atoms with Crippen LogP contribution in [0.1, 0.15) is 6.42 Å². The van der Waals surface area contributed by atoms with Gasteiger partial charge in [-0.25, -0.2) is 0 Å². The molecule has 3 aliphatic rings. The minimum Gasteiger partial charge on any atom is -0.481 e. The number of carboxylic acids is 1. The van der Waals surface area contributed by atoms with Gasteiger partial charge in [-0.2, -0.15) is 0 Å². The summed E-state index contributed by atoms with van der Waals surface area (Å²) >= 11 is 0. The van der Waals surface area contributed by atoms with E-state index in [9.17, 15) is 14.7 Å². The van der Waals surface area contributed by atoms with Gasteiger partial charge in [0, 0.05) is 19.6 Å². The van der Waals surface area contributed by atoms with Crippen molar-refractivity contribution in [3.05, 3.63) is 12.2 Å². The van der Waals surface area contributed by atoms with Crippen molar-refractivity contribution in [2.45, 2.75) is 18.6 Å². The first-order chi connectivity index (χ1) is 10.7. The molecule has 3 heterocycles. The molecule has 4 atom stereocenters. The molecule has 7 nitrogen and oxygen atoms in total. The lowest BCUT2D eigenvalue weighted by atomic mass is 9.82. The molecule has 3 aliphatic heterocycles. The molecule has 3 rings (SSSR count). The fourth-order valence-electron chi connectivity index (χ4n) is 3.37. The van der Waals surface area contributed by atoms with Crippen LogP contribution in [0.25, 0.3) is 0 Å². The van der Waals surface area contributed by atoms with Gasteiger partial charge in [-0.05, 0) is 13.0 Å². The first kappa shape index (κ1) is 15.5. The van der Waals surface area contributed by atoms with E-state index in [2.05, 4.69) is 10.2 Å². The molecule has 122 valence electrons. The topological polar surface area (TPSA) is 88.1 Å². The fourth-order valence-corrected chi connectivity index (χ4v) is 3.37. The lowest BCUT2D eigenvalue weighted by Crippen LogP contribution is -2.43. The number of amides is 1. The van der Waals surface area contributed by atoms with Gasteiger partial charge in [-0.15, -0.1) is 0 Å². The Bertz CT molecular complexity index is 461. The molecule has 22 heavy (non-hydrogen) atoms. The Balaban J connectivity index is 1.43. The van der Waals surface area contributed by atoms with Crippen LogP contribution in [0.5, 0.6) is 0 Å². The minimum absolute atomic E-state index is 0.216. The van der Waals surface area contributed by atoms with Crippen LogP contribution < -0.4 is 5.32 Å². The predicted molar refractivity (Wildman–Crippen MR) is 77.3 cm³/mol. The van der Waals surface area contributed by atoms with Gasteiger partial charge in [0.1, 0.15) is 5.92 Å². The van der Waals surface area contributed by atoms with Crippen LogP contribution in [-0.2, 0) is 19.1 Å². The maximum atomic E-state index is 12.3. The monoisotopic (exact) mass is 310 g/mol. The fraction of sp³-hybridized carbons (Fsp3) is 0.733. The molecule has 1 amide bonds. The van der Waals surface area contributed by atoms with Gasteiger partial charge in [0.25, 0.3) is 0 Å². The number of hydrogen-bond donors (Lipinski definition) is 2. The van der Waals surface area contributed by atoms with Gasteiger partial charge >= 0.3 is 5.97 Å². The maximum Gasteiger partial charge on any atom is 0.310 e. The Labute approximate surface area is 129 Å². The van der Waals surface area contributed by atoms with Crippen LogP contribution in [0.15, 0.2) is 12.2 Å². The Morgan fingerprint density at radius 1 is 1.18 bits per heavy atom. The Morgan fingerprint density at radius 3 is 2.55 bits per heavy atom. The second-order valence-corrected chi connectivity index (χ2v) is 5.94. The van der Waals surface area contributed by atoms with Crippen molar-refractivity contribution in [2.24, 2.45) is 11.8 Å². The zero-order valence-corrected chi connectivity index (χ0v) is 12.4. The largest absolute Gasteiger partial charge is 0.481 e. The molecular formula is C15H22N2O5. The number of nitrogens with one attached hydrogen (secondary N) is 1. The predicted octanol–water partition coefficient (Wildman–Crippen LogP) is -0.521. The number of fused-ring (bicyclic) bond motifs is 2. The molecule has 0 aliphatic carbocycles. The molecule has 2 N–H and O–H groups in total. The molecule has 0 radical (unpaired) electrons. The van der Waals surface area contributed by atoms with E-state index in [1.807, 2.05) is 0 Å². The number of morpholine rings is 1. The molecule has 2 saturated heterocycles. The Morgan fingerprint density at radius 2 is 1.86 bits per heavy atom. The van der Waals surface area contributed by atoms with Crippen molar-refractivity contribution < 1.29 is 24.2 Å². The highest BCUT2D eigenvalue weighted by molar-refractivity contribution is 5.87. The van der Waals surface area contributed by atoms with Crippen LogP contribution in [0.2, 0.25) is 0 Å². The summed E-state index contributed by atoms with van der Waals surface area (Å²) in [6, 6.07) is 0. The van der Waals surface area contributed by atoms with E-state index in [1.54, 1.807) is 12.2 Å². The standard InChI is InChI=1S/C15H22N2O5/c18-14(16-4-1-5-17-6-8-21-9-7-17)12-10-2-3-11(22-10)13(12)15(19)20/h2-3,10-13H,1,4-9H2,(H,16,18)(H,19,20)/t10-,11-,12-,13-/m1/s1. The third-order valence-electron chi connectivity index (χ3n) is 4.54. The zero-order valence-electron chi connectivity index (χ0n) is 12.4. The summed E-state index contributed by atoms with van der Waals surface area (Å²) in [5, 5.41) is 12.1. The van der Waals surface area contributed by atoms with E-state index < -0.39 is 30.0 Å². The molecular weight excluding hydrogens is 288 g/mol. The van der Waals surface area contributed by atoms with Gasteiger partial charge in [0.05, 0.1) is 31.3 Å². The molecule has 2 fully saturated rings. The summed E-state index contributed by atoms with van der Waals surface area (Å²) in [5.74, 6) is -2.57. The molecule has 0 aromatic carbocycles. The van der Waals surface area contributed by atoms with Gasteiger partial charge < -0.3 is 19.9 Å². The van der Waals surface area contributed by atoms with E-state index >= 15 is 0 Å². The maximum absolute atomic E-state index is 12.3. The van der Waals surface area contributed by atoms with E-state index in [-0.39, 0.29) is 5.91 Å². The van der Waals surface area contributed by atoms with Gasteiger partial charge in [-0.1, -0.05) is 12.2 Å². The first-order valence-corrected chi connectivity index (χ1v) is 7.81. The lowest BCUT2D eigenvalue weighted by molar-refractivity contribution is -0.146. The van der Waals surface area contributed by atoms with Gasteiger partial charge in [0.2, 0.25) is 5.91 Å². The highest BCUT2D eigenvalue weighted by Crippen LogP contribution is 2.39. The van der Waals surface area contributed by atoms with E-state index in [1.165, 1.54) is 0 Å². The van der Waals surface area contributed by atoms with Crippen LogP contribution in [0.4, 0.5) is 0 Å². The minimum atomic E-state index is -0.967. The van der Waals surface area contributed by atoms with Crippen LogP contribution in [0, 0.1) is 11.8 Å². The third-order valence-corrected chi connectivity index (χ3v) is 4.54. The van der Waals surface area contributed by atoms with Gasteiger partial charge in [-0.3, -0.25) is 14.5 Å². The van der Waals surface area contributed by atoms with Crippen LogP contribution in [-0.4, -0.2) is 73.5 Å². The number of carboxylic acid groups (broad SMARTS) is 1. The molecule has 2 bridgehead atoms. The van der Waals surface area contributed by atoms with E-state index in [4.69, 9.17) is 9.47 Å². The molecule has 0 unspecified atom stereocenters. The summed E-state index contributed by atoms with van der Waals surface area (Å²) in [7, 11) is 0. The second-order valence-electron chi connectivity index (χ2n) is 5.94. The molecule has 0 aromatic rings. The number of carbonyl (C=O) groups is 2. The number of carbonyl (C=O) groups excluding carboxylic acids is 1. The second kappa shape index (κ2) is 6.76. The smallest absolute Gasteiger partial charge is 0.310 e. The number of aliphatic carboxylic acids is 1. The average Bonchev–Trinajstić information content (AvgIpc) is 3.13. The Kier molecular flexibility index (Phi) is 4.75. The number of hydrogen-bond acceptors (Lipinski definition) is 5. The molecule has 0 aromatic heterocycles. The number of ether oxygens (including phenoxy) is 2. The summed E-state index contributed by atoms with van der Waals surface area (Å²) < 4.78 is 10.8. The molecule has 0 spiro atoms. The lowest BCUT2D eigenvalue weighted by Gasteiger charge is -2.26. The van der Waals surface area contributed by atoms with Crippen molar-refractivity contribution in [3.63, 3.8) is 0 Å². The summed E-state index contributed by atoms with van der Waals surface area (Å²) in [6.45, 7) is 4.86. The quantitative estimate of drug-likeness (QED) is 0.507. The molecule has 0 saturated carbocycles. The summed E-state index contributed by atoms with van der Waals surface area (Å²) in [4.78, 5) is 25.9. The van der Waals surface area contributed by atoms with Gasteiger partial charge in [0.15, 0.2) is 0 Å². The number of rotatable bonds is 6. The van der Waals surface area contributed by atoms with Crippen molar-refractivity contribution in [3.8, 4) is 0 Å². The average molecular weight is 310 g/mol. The van der Waals surface area contributed by atoms with Crippen molar-refractivity contribution in [2.75, 3.05) is 39.4 Å². The van der Waals surface area contributed by atoms with Crippen molar-refractivity contribution in [1.29, 1.82) is 0 Å². The van der Waals surface area contributed by atoms with Crippen LogP contribution in [0.3, 0.4) is 0 Å². The normalized spacial score (nSPS) is 34.0. The highest BCUT2D eigenvalue weighted by atomic mass is 16.5. The van der Waals surface area contributed by atoms with Crippen molar-refractivity contribution >= 4 is 11.9 Å². The third kappa shape index (κ3) is 3.16. The molecule has 7 heteroatoms. The summed E-state index contributed by atoms with van der Waals surface area (Å²) in [6.07, 6.45) is 3.52. The Hall–Kier alpha value is -1.44.